The number of aromatic nitrogens is 5. The third-order valence-corrected chi connectivity index (χ3v) is 4.02. The van der Waals surface area contributed by atoms with E-state index in [0.717, 1.165) is 29.9 Å². The maximum atomic E-state index is 5.94. The summed E-state index contributed by atoms with van der Waals surface area (Å²) in [5.74, 6) is 1.48. The van der Waals surface area contributed by atoms with Crippen LogP contribution in [0.4, 0.5) is 5.82 Å². The van der Waals surface area contributed by atoms with Crippen molar-refractivity contribution >= 4 is 11.5 Å². The van der Waals surface area contributed by atoms with Crippen LogP contribution in [-0.4, -0.2) is 30.9 Å². The fourth-order valence-corrected chi connectivity index (χ4v) is 2.82. The monoisotopic (exact) mass is 310 g/mol. The molecular weight excluding hydrogens is 292 g/mol. The van der Waals surface area contributed by atoms with Crippen LogP contribution >= 0.6 is 0 Å². The molecular formula is C16H18N6O. The topological polar surface area (TPSA) is 77.2 Å². The molecule has 118 valence electrons. The highest BCUT2D eigenvalue weighted by Crippen LogP contribution is 2.23. The standard InChI is InChI=1S/C16H18N6O/c1-2-4-13(3-1)23-16-9-12(7-8-17-16)10-18-14-5-6-15-20-19-11-22(15)21-14/h5-9,11,13H,1-4,10H2,(H,18,21). The Hall–Kier alpha value is -2.70. The van der Waals surface area contributed by atoms with Crippen molar-refractivity contribution in [2.75, 3.05) is 5.32 Å². The number of hydrogen-bond donors (Lipinski definition) is 1. The molecule has 3 heterocycles. The zero-order valence-corrected chi connectivity index (χ0v) is 12.7. The van der Waals surface area contributed by atoms with Gasteiger partial charge in [-0.2, -0.15) is 4.52 Å². The molecule has 7 heteroatoms. The lowest BCUT2D eigenvalue weighted by Crippen LogP contribution is -2.12. The first-order chi connectivity index (χ1) is 11.4. The molecule has 7 nitrogen and oxygen atoms in total. The number of rotatable bonds is 5. The molecule has 1 aliphatic carbocycles. The molecule has 4 rings (SSSR count). The normalized spacial score (nSPS) is 15.1. The molecule has 0 atom stereocenters. The van der Waals surface area contributed by atoms with Crippen molar-refractivity contribution in [1.29, 1.82) is 0 Å². The van der Waals surface area contributed by atoms with Gasteiger partial charge in [0.2, 0.25) is 5.88 Å². The zero-order chi connectivity index (χ0) is 15.5. The Labute approximate surface area is 133 Å². The second kappa shape index (κ2) is 6.20. The average Bonchev–Trinajstić information content (AvgIpc) is 3.24. The molecule has 1 N–H and O–H groups in total. The van der Waals surface area contributed by atoms with Crippen molar-refractivity contribution in [3.8, 4) is 5.88 Å². The van der Waals surface area contributed by atoms with E-state index in [1.165, 1.54) is 12.8 Å². The summed E-state index contributed by atoms with van der Waals surface area (Å²) in [6.45, 7) is 0.657. The summed E-state index contributed by atoms with van der Waals surface area (Å²) in [7, 11) is 0. The highest BCUT2D eigenvalue weighted by Gasteiger charge is 2.16. The van der Waals surface area contributed by atoms with Gasteiger partial charge in [-0.1, -0.05) is 0 Å². The lowest BCUT2D eigenvalue weighted by molar-refractivity contribution is 0.201. The van der Waals surface area contributed by atoms with E-state index in [-0.39, 0.29) is 0 Å². The molecule has 1 saturated carbocycles. The number of anilines is 1. The smallest absolute Gasteiger partial charge is 0.213 e. The molecule has 0 unspecified atom stereocenters. The summed E-state index contributed by atoms with van der Waals surface area (Å²) in [5.41, 5.74) is 1.84. The van der Waals surface area contributed by atoms with Crippen molar-refractivity contribution in [3.05, 3.63) is 42.4 Å². The van der Waals surface area contributed by atoms with Gasteiger partial charge in [-0.25, -0.2) is 4.98 Å². The number of nitrogens with zero attached hydrogens (tertiary/aromatic N) is 5. The molecule has 3 aromatic rings. The van der Waals surface area contributed by atoms with Gasteiger partial charge in [-0.3, -0.25) is 0 Å². The number of pyridine rings is 1. The first-order valence-corrected chi connectivity index (χ1v) is 7.89. The first-order valence-electron chi connectivity index (χ1n) is 7.89. The van der Waals surface area contributed by atoms with E-state index in [9.17, 15) is 0 Å². The van der Waals surface area contributed by atoms with Gasteiger partial charge >= 0.3 is 0 Å². The Morgan fingerprint density at radius 2 is 2.13 bits per heavy atom. The summed E-state index contributed by atoms with van der Waals surface area (Å²) in [4.78, 5) is 4.31. The molecule has 0 amide bonds. The number of ether oxygens (including phenoxy) is 1. The minimum Gasteiger partial charge on any atom is -0.474 e. The molecule has 0 aliphatic heterocycles. The van der Waals surface area contributed by atoms with Crippen molar-refractivity contribution in [2.24, 2.45) is 0 Å². The largest absolute Gasteiger partial charge is 0.474 e. The third-order valence-electron chi connectivity index (χ3n) is 4.02. The van der Waals surface area contributed by atoms with E-state index in [4.69, 9.17) is 4.74 Å². The summed E-state index contributed by atoms with van der Waals surface area (Å²) < 4.78 is 7.58. The second-order valence-electron chi connectivity index (χ2n) is 5.73. The van der Waals surface area contributed by atoms with Crippen LogP contribution in [0.15, 0.2) is 36.8 Å². The Kier molecular flexibility index (Phi) is 3.75. The van der Waals surface area contributed by atoms with Crippen LogP contribution in [0, 0.1) is 0 Å². The first kappa shape index (κ1) is 13.9. The van der Waals surface area contributed by atoms with Crippen LogP contribution in [0.5, 0.6) is 5.88 Å². The summed E-state index contributed by atoms with van der Waals surface area (Å²) >= 11 is 0. The van der Waals surface area contributed by atoms with Gasteiger partial charge in [0, 0.05) is 18.8 Å². The Bertz CT molecular complexity index is 796. The summed E-state index contributed by atoms with van der Waals surface area (Å²) in [6, 6.07) is 7.74. The number of hydrogen-bond acceptors (Lipinski definition) is 6. The Morgan fingerprint density at radius 1 is 1.22 bits per heavy atom. The van der Waals surface area contributed by atoms with Crippen LogP contribution in [0.25, 0.3) is 5.65 Å². The van der Waals surface area contributed by atoms with Gasteiger partial charge in [-0.15, -0.1) is 15.3 Å². The van der Waals surface area contributed by atoms with E-state index < -0.39 is 0 Å². The maximum absolute atomic E-state index is 5.94. The molecule has 0 spiro atoms. The fraction of sp³-hybridized carbons (Fsp3) is 0.375. The van der Waals surface area contributed by atoms with Gasteiger partial charge in [0.1, 0.15) is 18.2 Å². The van der Waals surface area contributed by atoms with Gasteiger partial charge in [0.25, 0.3) is 0 Å². The number of fused-ring (bicyclic) bond motifs is 1. The van der Waals surface area contributed by atoms with Crippen LogP contribution in [-0.2, 0) is 6.54 Å². The predicted octanol–water partition coefficient (Wildman–Crippen LogP) is 2.45. The van der Waals surface area contributed by atoms with Gasteiger partial charge in [0.05, 0.1) is 0 Å². The van der Waals surface area contributed by atoms with E-state index in [0.29, 0.717) is 18.5 Å². The molecule has 3 aromatic heterocycles. The molecule has 1 aliphatic rings. The Morgan fingerprint density at radius 3 is 3.04 bits per heavy atom. The fourth-order valence-electron chi connectivity index (χ4n) is 2.82. The maximum Gasteiger partial charge on any atom is 0.213 e. The third kappa shape index (κ3) is 3.23. The lowest BCUT2D eigenvalue weighted by Gasteiger charge is -2.13. The summed E-state index contributed by atoms with van der Waals surface area (Å²) in [5, 5.41) is 15.4. The molecule has 23 heavy (non-hydrogen) atoms. The molecule has 1 fully saturated rings. The molecule has 0 saturated heterocycles. The van der Waals surface area contributed by atoms with Crippen molar-refractivity contribution in [1.82, 2.24) is 24.8 Å². The van der Waals surface area contributed by atoms with Crippen molar-refractivity contribution in [2.45, 2.75) is 38.3 Å². The minimum absolute atomic E-state index is 0.323. The van der Waals surface area contributed by atoms with E-state index in [1.54, 1.807) is 17.0 Å². The van der Waals surface area contributed by atoms with Crippen LogP contribution in [0.1, 0.15) is 31.2 Å². The predicted molar refractivity (Wildman–Crippen MR) is 85.2 cm³/mol. The Balaban J connectivity index is 1.41. The molecule has 0 bridgehead atoms. The van der Waals surface area contributed by atoms with E-state index in [1.807, 2.05) is 24.3 Å². The highest BCUT2D eigenvalue weighted by molar-refractivity contribution is 5.43. The molecule has 0 radical (unpaired) electrons. The van der Waals surface area contributed by atoms with Gasteiger partial charge in [-0.05, 0) is 49.4 Å². The summed E-state index contributed by atoms with van der Waals surface area (Å²) in [6.07, 6.45) is 8.47. The van der Waals surface area contributed by atoms with Crippen molar-refractivity contribution < 1.29 is 4.74 Å². The van der Waals surface area contributed by atoms with Crippen LogP contribution in [0.2, 0.25) is 0 Å². The van der Waals surface area contributed by atoms with E-state index in [2.05, 4.69) is 25.6 Å². The zero-order valence-electron chi connectivity index (χ0n) is 12.7. The minimum atomic E-state index is 0.323. The van der Waals surface area contributed by atoms with Crippen molar-refractivity contribution in [3.63, 3.8) is 0 Å². The lowest BCUT2D eigenvalue weighted by atomic mass is 10.2. The SMILES string of the molecule is c1cc(CNc2ccc3nncn3n2)cc(OC2CCCC2)n1. The molecule has 0 aromatic carbocycles. The quantitative estimate of drug-likeness (QED) is 0.780. The van der Waals surface area contributed by atoms with Gasteiger partial charge in [0.15, 0.2) is 5.65 Å². The van der Waals surface area contributed by atoms with Gasteiger partial charge < -0.3 is 10.1 Å². The van der Waals surface area contributed by atoms with E-state index >= 15 is 0 Å². The second-order valence-corrected chi connectivity index (χ2v) is 5.73. The average molecular weight is 310 g/mol. The van der Waals surface area contributed by atoms with Crippen LogP contribution < -0.4 is 10.1 Å². The number of nitrogens with one attached hydrogen (secondary N) is 1. The highest BCUT2D eigenvalue weighted by atomic mass is 16.5. The van der Waals surface area contributed by atoms with Crippen LogP contribution in [0.3, 0.4) is 0 Å².